The summed E-state index contributed by atoms with van der Waals surface area (Å²) in [5.41, 5.74) is 0.118. The van der Waals surface area contributed by atoms with Gasteiger partial charge in [-0.15, -0.1) is 0 Å². The van der Waals surface area contributed by atoms with E-state index in [1.165, 1.54) is 0 Å². The first kappa shape index (κ1) is 9.71. The maximum absolute atomic E-state index is 11.2. The van der Waals surface area contributed by atoms with E-state index in [1.807, 2.05) is 20.8 Å². The lowest BCUT2D eigenvalue weighted by Gasteiger charge is -2.44. The number of hydrogen-bond donors (Lipinski definition) is 1. The highest BCUT2D eigenvalue weighted by Crippen LogP contribution is 2.50. The normalized spacial score (nSPS) is 40.1. The van der Waals surface area contributed by atoms with Crippen LogP contribution < -0.4 is 0 Å². The molecular formula is C11H16O3. The van der Waals surface area contributed by atoms with Gasteiger partial charge in [-0.05, 0) is 25.3 Å². The molecule has 0 spiro atoms. The Morgan fingerprint density at radius 2 is 2.14 bits per heavy atom. The zero-order valence-corrected chi connectivity index (χ0v) is 8.83. The van der Waals surface area contributed by atoms with Crippen molar-refractivity contribution < 1.29 is 14.6 Å². The number of hydrogen-bond acceptors (Lipinski definition) is 3. The van der Waals surface area contributed by atoms with E-state index in [2.05, 4.69) is 0 Å². The van der Waals surface area contributed by atoms with Crippen molar-refractivity contribution in [2.24, 2.45) is 5.41 Å². The summed E-state index contributed by atoms with van der Waals surface area (Å²) < 4.78 is 5.29. The molecule has 3 nitrogen and oxygen atoms in total. The zero-order valence-electron chi connectivity index (χ0n) is 8.83. The number of fused-ring (bicyclic) bond motifs is 1. The summed E-state index contributed by atoms with van der Waals surface area (Å²) in [4.78, 5) is 11.2. The van der Waals surface area contributed by atoms with Crippen molar-refractivity contribution in [3.63, 3.8) is 0 Å². The monoisotopic (exact) mass is 196 g/mol. The van der Waals surface area contributed by atoms with Crippen molar-refractivity contribution >= 4 is 5.97 Å². The van der Waals surface area contributed by atoms with E-state index in [-0.39, 0.29) is 17.5 Å². The molecule has 2 atom stereocenters. The molecule has 0 aromatic rings. The van der Waals surface area contributed by atoms with Gasteiger partial charge in [0.15, 0.2) is 0 Å². The molecule has 1 aliphatic carbocycles. The largest absolute Gasteiger partial charge is 0.452 e. The number of carbonyl (C=O) groups is 1. The molecule has 0 aromatic heterocycles. The average Bonchev–Trinajstić information content (AvgIpc) is 2.37. The quantitative estimate of drug-likeness (QED) is 0.596. The molecule has 1 heterocycles. The maximum atomic E-state index is 11.2. The molecule has 14 heavy (non-hydrogen) atoms. The van der Waals surface area contributed by atoms with Gasteiger partial charge in [-0.1, -0.05) is 13.8 Å². The summed E-state index contributed by atoms with van der Waals surface area (Å²) in [6, 6.07) is 0. The molecule has 0 saturated heterocycles. The molecule has 1 aliphatic heterocycles. The van der Waals surface area contributed by atoms with E-state index in [1.54, 1.807) is 6.08 Å². The molecule has 78 valence electrons. The number of ether oxygens (including phenoxy) is 1. The second-order valence-corrected chi connectivity index (χ2v) is 4.99. The van der Waals surface area contributed by atoms with Gasteiger partial charge >= 0.3 is 5.97 Å². The topological polar surface area (TPSA) is 46.5 Å². The number of esters is 1. The lowest BCUT2D eigenvalue weighted by molar-refractivity contribution is -0.148. The predicted octanol–water partition coefficient (Wildman–Crippen LogP) is 1.41. The summed E-state index contributed by atoms with van der Waals surface area (Å²) in [6.07, 6.45) is 2.57. The van der Waals surface area contributed by atoms with Crippen LogP contribution in [0.15, 0.2) is 11.6 Å². The van der Waals surface area contributed by atoms with Gasteiger partial charge in [0.25, 0.3) is 0 Å². The van der Waals surface area contributed by atoms with Gasteiger partial charge in [0.1, 0.15) is 5.60 Å². The third-order valence-corrected chi connectivity index (χ3v) is 3.58. The van der Waals surface area contributed by atoms with Crippen LogP contribution in [-0.4, -0.2) is 22.8 Å². The number of aliphatic hydroxyl groups excluding tert-OH is 1. The van der Waals surface area contributed by atoms with E-state index in [9.17, 15) is 9.90 Å². The highest BCUT2D eigenvalue weighted by molar-refractivity contribution is 5.87. The SMILES string of the molecule is CC1(C)C2=CC(=O)O[C@@]2(C)CC[C@H]1O. The molecule has 0 amide bonds. The summed E-state index contributed by atoms with van der Waals surface area (Å²) >= 11 is 0. The molecule has 2 aliphatic rings. The molecule has 0 aromatic carbocycles. The van der Waals surface area contributed by atoms with E-state index in [0.717, 1.165) is 12.0 Å². The molecule has 2 rings (SSSR count). The van der Waals surface area contributed by atoms with Crippen molar-refractivity contribution in [1.82, 2.24) is 0 Å². The predicted molar refractivity (Wildman–Crippen MR) is 51.6 cm³/mol. The van der Waals surface area contributed by atoms with Crippen LogP contribution in [0.1, 0.15) is 33.6 Å². The van der Waals surface area contributed by atoms with Gasteiger partial charge in [0.2, 0.25) is 0 Å². The van der Waals surface area contributed by atoms with Gasteiger partial charge in [-0.25, -0.2) is 4.79 Å². The van der Waals surface area contributed by atoms with Gasteiger partial charge in [-0.3, -0.25) is 0 Å². The first-order chi connectivity index (χ1) is 6.36. The van der Waals surface area contributed by atoms with Crippen LogP contribution >= 0.6 is 0 Å². The Hall–Kier alpha value is -0.830. The molecule has 0 radical (unpaired) electrons. The lowest BCUT2D eigenvalue weighted by atomic mass is 9.65. The Bertz CT molecular complexity index is 316. The Kier molecular flexibility index (Phi) is 1.80. The number of aliphatic hydroxyl groups is 1. The fourth-order valence-electron chi connectivity index (χ4n) is 2.58. The average molecular weight is 196 g/mol. The minimum Gasteiger partial charge on any atom is -0.452 e. The highest BCUT2D eigenvalue weighted by atomic mass is 16.6. The van der Waals surface area contributed by atoms with Crippen LogP contribution in [0.25, 0.3) is 0 Å². The molecule has 0 bridgehead atoms. The first-order valence-electron chi connectivity index (χ1n) is 5.00. The summed E-state index contributed by atoms with van der Waals surface area (Å²) in [6.45, 7) is 5.85. The van der Waals surface area contributed by atoms with Gasteiger partial charge in [0, 0.05) is 11.5 Å². The van der Waals surface area contributed by atoms with Crippen LogP contribution in [-0.2, 0) is 9.53 Å². The van der Waals surface area contributed by atoms with Crippen molar-refractivity contribution in [3.05, 3.63) is 11.6 Å². The van der Waals surface area contributed by atoms with Crippen LogP contribution in [0.2, 0.25) is 0 Å². The third-order valence-electron chi connectivity index (χ3n) is 3.58. The minimum atomic E-state index is -0.472. The van der Waals surface area contributed by atoms with Crippen LogP contribution in [0.3, 0.4) is 0 Å². The molecule has 1 saturated carbocycles. The van der Waals surface area contributed by atoms with E-state index >= 15 is 0 Å². The highest BCUT2D eigenvalue weighted by Gasteiger charge is 2.51. The number of rotatable bonds is 0. The second-order valence-electron chi connectivity index (χ2n) is 4.99. The van der Waals surface area contributed by atoms with Gasteiger partial charge in [-0.2, -0.15) is 0 Å². The number of carbonyl (C=O) groups excluding carboxylic acids is 1. The Balaban J connectivity index is 2.45. The standard InChI is InChI=1S/C11H16O3/c1-10(2)7-6-9(13)14-11(7,3)5-4-8(10)12/h6,8,12H,4-5H2,1-3H3/t8-,11+/m1/s1. The van der Waals surface area contributed by atoms with E-state index in [4.69, 9.17) is 4.74 Å². The Morgan fingerprint density at radius 3 is 2.79 bits per heavy atom. The van der Waals surface area contributed by atoms with E-state index in [0.29, 0.717) is 6.42 Å². The smallest absolute Gasteiger partial charge is 0.331 e. The summed E-state index contributed by atoms with van der Waals surface area (Å²) in [5, 5.41) is 9.88. The summed E-state index contributed by atoms with van der Waals surface area (Å²) in [7, 11) is 0. The third kappa shape index (κ3) is 1.12. The maximum Gasteiger partial charge on any atom is 0.331 e. The second kappa shape index (κ2) is 2.60. The molecule has 1 fully saturated rings. The van der Waals surface area contributed by atoms with Crippen molar-refractivity contribution in [3.8, 4) is 0 Å². The van der Waals surface area contributed by atoms with Crippen molar-refractivity contribution in [2.75, 3.05) is 0 Å². The minimum absolute atomic E-state index is 0.273. The fraction of sp³-hybridized carbons (Fsp3) is 0.727. The molecule has 1 N–H and O–H groups in total. The lowest BCUT2D eigenvalue weighted by Crippen LogP contribution is -2.46. The zero-order chi connectivity index (χ0) is 10.6. The Labute approximate surface area is 83.8 Å². The molecule has 0 unspecified atom stereocenters. The fourth-order valence-corrected chi connectivity index (χ4v) is 2.58. The summed E-state index contributed by atoms with van der Waals surface area (Å²) in [5.74, 6) is -0.273. The van der Waals surface area contributed by atoms with Crippen LogP contribution in [0.4, 0.5) is 0 Å². The van der Waals surface area contributed by atoms with Gasteiger partial charge in [0.05, 0.1) is 6.10 Å². The molecular weight excluding hydrogens is 180 g/mol. The van der Waals surface area contributed by atoms with Crippen molar-refractivity contribution in [2.45, 2.75) is 45.3 Å². The Morgan fingerprint density at radius 1 is 1.50 bits per heavy atom. The van der Waals surface area contributed by atoms with E-state index < -0.39 is 5.60 Å². The van der Waals surface area contributed by atoms with Crippen LogP contribution in [0.5, 0.6) is 0 Å². The first-order valence-corrected chi connectivity index (χ1v) is 5.00. The van der Waals surface area contributed by atoms with Crippen molar-refractivity contribution in [1.29, 1.82) is 0 Å². The van der Waals surface area contributed by atoms with Gasteiger partial charge < -0.3 is 9.84 Å². The molecule has 3 heteroatoms. The van der Waals surface area contributed by atoms with Crippen LogP contribution in [0, 0.1) is 5.41 Å².